The molecule has 1 aliphatic heterocycles. The molecular weight excluding hydrogens is 410 g/mol. The van der Waals surface area contributed by atoms with Crippen LogP contribution >= 0.6 is 0 Å². The second kappa shape index (κ2) is 9.45. The zero-order valence-electron chi connectivity index (χ0n) is 19.7. The van der Waals surface area contributed by atoms with Crippen molar-refractivity contribution in [2.75, 3.05) is 13.9 Å². The lowest BCUT2D eigenvalue weighted by molar-refractivity contribution is 0.171. The Bertz CT molecular complexity index is 856. The van der Waals surface area contributed by atoms with Gasteiger partial charge in [-0.25, -0.2) is 0 Å². The third-order valence-corrected chi connectivity index (χ3v) is 12.8. The molecule has 8 heteroatoms. The number of hydrogen-bond acceptors (Lipinski definition) is 5. The van der Waals surface area contributed by atoms with E-state index in [4.69, 9.17) is 18.6 Å². The highest BCUT2D eigenvalue weighted by Crippen LogP contribution is 2.48. The summed E-state index contributed by atoms with van der Waals surface area (Å²) in [7, 11) is -0.439. The molecule has 0 spiro atoms. The molecule has 0 bridgehead atoms. The summed E-state index contributed by atoms with van der Waals surface area (Å²) < 4.78 is 23.5. The van der Waals surface area contributed by atoms with E-state index in [-0.39, 0.29) is 18.8 Å². The number of rotatable bonds is 8. The normalized spacial score (nSPS) is 20.6. The van der Waals surface area contributed by atoms with Gasteiger partial charge in [0.1, 0.15) is 0 Å². The van der Waals surface area contributed by atoms with Crippen LogP contribution in [0.2, 0.25) is 16.6 Å². The number of nitrogens with zero attached hydrogens (tertiary/aromatic N) is 3. The van der Waals surface area contributed by atoms with Gasteiger partial charge in [0.25, 0.3) is 8.32 Å². The summed E-state index contributed by atoms with van der Waals surface area (Å²) in [6.45, 7) is 13.9. The van der Waals surface area contributed by atoms with E-state index in [1.54, 1.807) is 7.11 Å². The summed E-state index contributed by atoms with van der Waals surface area (Å²) in [4.78, 5) is 3.14. The highest BCUT2D eigenvalue weighted by Gasteiger charge is 2.47. The van der Waals surface area contributed by atoms with E-state index >= 15 is 0 Å². The van der Waals surface area contributed by atoms with E-state index in [1.807, 2.05) is 18.2 Å². The van der Waals surface area contributed by atoms with Crippen molar-refractivity contribution in [3.63, 3.8) is 0 Å². The lowest BCUT2D eigenvalue weighted by Crippen LogP contribution is -2.47. The summed E-state index contributed by atoms with van der Waals surface area (Å²) in [5.41, 5.74) is 11.7. The Morgan fingerprint density at radius 3 is 2.35 bits per heavy atom. The molecule has 2 aliphatic rings. The first-order valence-electron chi connectivity index (χ1n) is 11.2. The maximum absolute atomic E-state index is 9.25. The lowest BCUT2D eigenvalue weighted by Gasteiger charge is -2.44. The molecular formula is C23H35N3O4Si. The fourth-order valence-corrected chi connectivity index (χ4v) is 10.8. The summed E-state index contributed by atoms with van der Waals surface area (Å²) in [6, 6.07) is 3.62. The van der Waals surface area contributed by atoms with E-state index in [0.29, 0.717) is 33.9 Å². The number of fused-ring (bicyclic) bond motifs is 1. The van der Waals surface area contributed by atoms with Gasteiger partial charge in [-0.2, -0.15) is 0 Å². The quantitative estimate of drug-likeness (QED) is 0.185. The average molecular weight is 446 g/mol. The predicted molar refractivity (Wildman–Crippen MR) is 124 cm³/mol. The molecule has 0 radical (unpaired) electrons. The van der Waals surface area contributed by atoms with Crippen molar-refractivity contribution in [1.82, 2.24) is 0 Å². The minimum Gasteiger partial charge on any atom is -0.546 e. The Balaban J connectivity index is 1.95. The van der Waals surface area contributed by atoms with Gasteiger partial charge in [-0.3, -0.25) is 0 Å². The van der Waals surface area contributed by atoms with Crippen LogP contribution in [0.4, 0.5) is 0 Å². The molecule has 0 saturated heterocycles. The SMILES string of the molecule is COc1cc([C@H]2CCC(O[Si](C(C)C)(C(C)C)C(C)C)=C[C@@H]2N=[N+]=[N-])cc2c1OCO2. The smallest absolute Gasteiger partial charge is 0.258 e. The summed E-state index contributed by atoms with van der Waals surface area (Å²) in [5.74, 6) is 2.94. The van der Waals surface area contributed by atoms with Gasteiger partial charge in [0.05, 0.1) is 18.9 Å². The fraction of sp³-hybridized carbons (Fsp3) is 0.652. The molecule has 1 heterocycles. The van der Waals surface area contributed by atoms with Crippen LogP contribution in [0.5, 0.6) is 17.2 Å². The van der Waals surface area contributed by atoms with Gasteiger partial charge in [-0.1, -0.05) is 46.7 Å². The third-order valence-electron chi connectivity index (χ3n) is 6.78. The van der Waals surface area contributed by atoms with Crippen LogP contribution in [0, 0.1) is 0 Å². The first kappa shape index (κ1) is 23.4. The molecule has 1 aromatic rings. The van der Waals surface area contributed by atoms with Gasteiger partial charge in [-0.05, 0) is 58.3 Å². The van der Waals surface area contributed by atoms with Crippen LogP contribution < -0.4 is 14.2 Å². The Hall–Kier alpha value is -2.31. The monoisotopic (exact) mass is 445 g/mol. The molecule has 0 unspecified atom stereocenters. The maximum atomic E-state index is 9.25. The minimum atomic E-state index is -2.06. The largest absolute Gasteiger partial charge is 0.546 e. The standard InChI is InChI=1S/C23H35N3O4Si/c1-14(2)31(15(3)4,16(5)6)30-18-8-9-19(20(12-18)25-26-24)17-10-21(27-7)23-22(11-17)28-13-29-23/h10-12,14-16,19-20H,8-9,13H2,1-7H3/t19-,20+/m1/s1. The Morgan fingerprint density at radius 2 is 1.77 bits per heavy atom. The van der Waals surface area contributed by atoms with E-state index in [9.17, 15) is 5.53 Å². The number of allylic oxidation sites excluding steroid dienone is 1. The highest BCUT2D eigenvalue weighted by molar-refractivity contribution is 6.77. The van der Waals surface area contributed by atoms with Crippen molar-refractivity contribution in [1.29, 1.82) is 0 Å². The molecule has 0 N–H and O–H groups in total. The van der Waals surface area contributed by atoms with Gasteiger partial charge in [0.15, 0.2) is 11.5 Å². The Morgan fingerprint density at radius 1 is 1.10 bits per heavy atom. The van der Waals surface area contributed by atoms with Gasteiger partial charge < -0.3 is 18.6 Å². The summed E-state index contributed by atoms with van der Waals surface area (Å²) in [6.07, 6.45) is 3.69. The molecule has 1 aromatic carbocycles. The Labute approximate surface area is 186 Å². The van der Waals surface area contributed by atoms with Gasteiger partial charge in [0.2, 0.25) is 12.5 Å². The van der Waals surface area contributed by atoms with E-state index in [1.165, 1.54) is 0 Å². The lowest BCUT2D eigenvalue weighted by atomic mass is 9.83. The van der Waals surface area contributed by atoms with Crippen LogP contribution in [0.25, 0.3) is 10.4 Å². The molecule has 0 saturated carbocycles. The van der Waals surface area contributed by atoms with E-state index < -0.39 is 8.32 Å². The topological polar surface area (TPSA) is 85.7 Å². The van der Waals surface area contributed by atoms with Crippen molar-refractivity contribution < 1.29 is 18.6 Å². The fourth-order valence-electron chi connectivity index (χ4n) is 5.43. The molecule has 31 heavy (non-hydrogen) atoms. The highest BCUT2D eigenvalue weighted by atomic mass is 28.4. The molecule has 7 nitrogen and oxygen atoms in total. The van der Waals surface area contributed by atoms with Crippen LogP contribution in [-0.2, 0) is 4.43 Å². The van der Waals surface area contributed by atoms with Crippen molar-refractivity contribution >= 4 is 8.32 Å². The maximum Gasteiger partial charge on any atom is 0.258 e. The van der Waals surface area contributed by atoms with Gasteiger partial charge in [-0.15, -0.1) is 0 Å². The van der Waals surface area contributed by atoms with E-state index in [2.05, 4.69) is 51.6 Å². The molecule has 0 amide bonds. The van der Waals surface area contributed by atoms with Crippen molar-refractivity contribution in [3.8, 4) is 17.2 Å². The summed E-state index contributed by atoms with van der Waals surface area (Å²) >= 11 is 0. The number of azide groups is 1. The first-order chi connectivity index (χ1) is 14.7. The van der Waals surface area contributed by atoms with Crippen molar-refractivity contribution in [3.05, 3.63) is 40.0 Å². The average Bonchev–Trinajstić information content (AvgIpc) is 3.19. The Kier molecular flexibility index (Phi) is 7.12. The van der Waals surface area contributed by atoms with Crippen LogP contribution in [0.1, 0.15) is 65.9 Å². The number of ether oxygens (including phenoxy) is 3. The van der Waals surface area contributed by atoms with Crippen LogP contribution in [-0.4, -0.2) is 28.3 Å². The van der Waals surface area contributed by atoms with E-state index in [0.717, 1.165) is 24.2 Å². The second-order valence-electron chi connectivity index (χ2n) is 9.35. The third kappa shape index (κ3) is 4.37. The van der Waals surface area contributed by atoms with Crippen molar-refractivity contribution in [2.45, 2.75) is 83.0 Å². The van der Waals surface area contributed by atoms with Crippen molar-refractivity contribution in [2.24, 2.45) is 5.11 Å². The molecule has 3 rings (SSSR count). The van der Waals surface area contributed by atoms with Gasteiger partial charge in [0, 0.05) is 11.3 Å². The number of benzene rings is 1. The molecule has 2 atom stereocenters. The first-order valence-corrected chi connectivity index (χ1v) is 13.3. The number of hydrogen-bond donors (Lipinski definition) is 0. The molecule has 0 aromatic heterocycles. The van der Waals surface area contributed by atoms with Gasteiger partial charge >= 0.3 is 0 Å². The zero-order valence-corrected chi connectivity index (χ0v) is 20.7. The number of methoxy groups -OCH3 is 1. The molecule has 1 aliphatic carbocycles. The summed E-state index contributed by atoms with van der Waals surface area (Å²) in [5, 5.41) is 4.13. The predicted octanol–water partition coefficient (Wildman–Crippen LogP) is 7.06. The molecule has 170 valence electrons. The van der Waals surface area contributed by atoms with Crippen LogP contribution in [0.15, 0.2) is 29.1 Å². The molecule has 0 fully saturated rings. The second-order valence-corrected chi connectivity index (χ2v) is 14.7. The minimum absolute atomic E-state index is 0.0277. The van der Waals surface area contributed by atoms with Crippen LogP contribution in [0.3, 0.4) is 0 Å². The zero-order chi connectivity index (χ0) is 22.8.